The normalized spacial score (nSPS) is 15.6. The summed E-state index contributed by atoms with van der Waals surface area (Å²) < 4.78 is 38.5. The monoisotopic (exact) mass is 421 g/mol. The lowest BCUT2D eigenvalue weighted by Crippen LogP contribution is -2.40. The number of rotatable bonds is 5. The van der Waals surface area contributed by atoms with Gasteiger partial charge in [-0.1, -0.05) is 12.1 Å². The minimum atomic E-state index is -4.50. The highest BCUT2D eigenvalue weighted by molar-refractivity contribution is 6.05. The maximum absolute atomic E-state index is 12.8. The smallest absolute Gasteiger partial charge is 0.393 e. The van der Waals surface area contributed by atoms with Crippen LogP contribution in [0.2, 0.25) is 0 Å². The van der Waals surface area contributed by atoms with Gasteiger partial charge in [0, 0.05) is 30.0 Å². The van der Waals surface area contributed by atoms with E-state index < -0.39 is 17.6 Å². The summed E-state index contributed by atoms with van der Waals surface area (Å²) in [5.74, 6) is -0.836. The number of aliphatic hydroxyl groups is 1. The SMILES string of the molecule is O=C(CN1CCC(O)CC1)Nc1cccc(C(=O)Nc2cccc(C(F)(F)F)c2)c1. The molecule has 0 aromatic heterocycles. The third-order valence-corrected chi connectivity index (χ3v) is 4.78. The molecule has 160 valence electrons. The summed E-state index contributed by atoms with van der Waals surface area (Å²) in [5, 5.41) is 14.7. The number of hydrogen-bond donors (Lipinski definition) is 3. The molecule has 0 atom stereocenters. The van der Waals surface area contributed by atoms with Crippen molar-refractivity contribution in [3.8, 4) is 0 Å². The maximum Gasteiger partial charge on any atom is 0.416 e. The van der Waals surface area contributed by atoms with E-state index in [0.717, 1.165) is 12.1 Å². The highest BCUT2D eigenvalue weighted by Gasteiger charge is 2.30. The Morgan fingerprint density at radius 3 is 2.30 bits per heavy atom. The van der Waals surface area contributed by atoms with Gasteiger partial charge in [0.15, 0.2) is 0 Å². The molecule has 2 aromatic rings. The quantitative estimate of drug-likeness (QED) is 0.692. The predicted octanol–water partition coefficient (Wildman–Crippen LogP) is 3.35. The van der Waals surface area contributed by atoms with Crippen LogP contribution in [0.1, 0.15) is 28.8 Å². The molecule has 1 saturated heterocycles. The van der Waals surface area contributed by atoms with Crippen molar-refractivity contribution in [1.29, 1.82) is 0 Å². The van der Waals surface area contributed by atoms with Gasteiger partial charge in [0.05, 0.1) is 18.2 Å². The van der Waals surface area contributed by atoms with E-state index in [1.165, 1.54) is 24.3 Å². The molecule has 1 fully saturated rings. The number of nitrogens with zero attached hydrogens (tertiary/aromatic N) is 1. The average molecular weight is 421 g/mol. The predicted molar refractivity (Wildman–Crippen MR) is 106 cm³/mol. The minimum absolute atomic E-state index is 0.0246. The number of alkyl halides is 3. The first-order valence-electron chi connectivity index (χ1n) is 9.49. The maximum atomic E-state index is 12.8. The second-order valence-electron chi connectivity index (χ2n) is 7.17. The topological polar surface area (TPSA) is 81.7 Å². The molecule has 6 nitrogen and oxygen atoms in total. The summed E-state index contributed by atoms with van der Waals surface area (Å²) in [7, 11) is 0. The molecule has 0 spiro atoms. The van der Waals surface area contributed by atoms with Crippen LogP contribution in [0, 0.1) is 0 Å². The van der Waals surface area contributed by atoms with Crippen LogP contribution in [0.4, 0.5) is 24.5 Å². The summed E-state index contributed by atoms with van der Waals surface area (Å²) in [6.07, 6.45) is -3.58. The standard InChI is InChI=1S/C21H22F3N3O3/c22-21(23,24)15-4-2-6-17(12-15)26-20(30)14-3-1-5-16(11-14)25-19(29)13-27-9-7-18(28)8-10-27/h1-6,11-12,18,28H,7-10,13H2,(H,25,29)(H,26,30). The Morgan fingerprint density at radius 1 is 1.00 bits per heavy atom. The zero-order valence-corrected chi connectivity index (χ0v) is 16.1. The van der Waals surface area contributed by atoms with Crippen LogP contribution in [-0.2, 0) is 11.0 Å². The van der Waals surface area contributed by atoms with E-state index >= 15 is 0 Å². The van der Waals surface area contributed by atoms with E-state index in [-0.39, 0.29) is 29.8 Å². The number of halogens is 3. The Kier molecular flexibility index (Phi) is 6.73. The molecule has 9 heteroatoms. The number of carbonyl (C=O) groups excluding carboxylic acids is 2. The molecule has 3 rings (SSSR count). The molecule has 0 bridgehead atoms. The molecule has 0 radical (unpaired) electrons. The zero-order valence-electron chi connectivity index (χ0n) is 16.1. The fraction of sp³-hybridized carbons (Fsp3) is 0.333. The van der Waals surface area contributed by atoms with Gasteiger partial charge in [-0.25, -0.2) is 0 Å². The van der Waals surface area contributed by atoms with Crippen LogP contribution in [0.15, 0.2) is 48.5 Å². The first-order valence-corrected chi connectivity index (χ1v) is 9.49. The van der Waals surface area contributed by atoms with Gasteiger partial charge < -0.3 is 15.7 Å². The van der Waals surface area contributed by atoms with Gasteiger partial charge >= 0.3 is 6.18 Å². The molecule has 1 aliphatic rings. The Labute approximate surface area is 171 Å². The lowest BCUT2D eigenvalue weighted by molar-refractivity contribution is -0.137. The molecule has 0 saturated carbocycles. The molecule has 1 aliphatic heterocycles. The largest absolute Gasteiger partial charge is 0.416 e. The summed E-state index contributed by atoms with van der Waals surface area (Å²) in [4.78, 5) is 26.6. The van der Waals surface area contributed by atoms with Crippen LogP contribution in [-0.4, -0.2) is 47.6 Å². The highest BCUT2D eigenvalue weighted by atomic mass is 19.4. The Balaban J connectivity index is 1.60. The summed E-state index contributed by atoms with van der Waals surface area (Å²) in [6, 6.07) is 10.5. The van der Waals surface area contributed by atoms with Crippen molar-refractivity contribution >= 4 is 23.2 Å². The molecule has 0 unspecified atom stereocenters. The van der Waals surface area contributed by atoms with E-state index in [0.29, 0.717) is 31.6 Å². The number of likely N-dealkylation sites (tertiary alicyclic amines) is 1. The van der Waals surface area contributed by atoms with Gasteiger partial charge in [0.1, 0.15) is 0 Å². The van der Waals surface area contributed by atoms with E-state index in [9.17, 15) is 27.9 Å². The van der Waals surface area contributed by atoms with E-state index in [1.807, 2.05) is 4.90 Å². The van der Waals surface area contributed by atoms with E-state index in [4.69, 9.17) is 0 Å². The van der Waals surface area contributed by atoms with Gasteiger partial charge in [0.2, 0.25) is 5.91 Å². The fourth-order valence-electron chi connectivity index (χ4n) is 3.20. The van der Waals surface area contributed by atoms with Crippen molar-refractivity contribution in [1.82, 2.24) is 4.90 Å². The number of anilines is 2. The van der Waals surface area contributed by atoms with Crippen LogP contribution in [0.3, 0.4) is 0 Å². The van der Waals surface area contributed by atoms with Crippen LogP contribution >= 0.6 is 0 Å². The van der Waals surface area contributed by atoms with Gasteiger partial charge in [-0.3, -0.25) is 14.5 Å². The molecule has 2 amide bonds. The summed E-state index contributed by atoms with van der Waals surface area (Å²) in [5.41, 5.74) is -0.219. The second kappa shape index (κ2) is 9.27. The number of piperidine rings is 1. The van der Waals surface area contributed by atoms with Gasteiger partial charge in [-0.15, -0.1) is 0 Å². The lowest BCUT2D eigenvalue weighted by atomic mass is 10.1. The highest BCUT2D eigenvalue weighted by Crippen LogP contribution is 2.30. The number of amides is 2. The lowest BCUT2D eigenvalue weighted by Gasteiger charge is -2.28. The van der Waals surface area contributed by atoms with Crippen LogP contribution in [0.5, 0.6) is 0 Å². The molecule has 30 heavy (non-hydrogen) atoms. The zero-order chi connectivity index (χ0) is 21.7. The van der Waals surface area contributed by atoms with Crippen LogP contribution in [0.25, 0.3) is 0 Å². The minimum Gasteiger partial charge on any atom is -0.393 e. The summed E-state index contributed by atoms with van der Waals surface area (Å²) in [6.45, 7) is 1.44. The molecular weight excluding hydrogens is 399 g/mol. The van der Waals surface area contributed by atoms with Crippen LogP contribution < -0.4 is 10.6 Å². The van der Waals surface area contributed by atoms with Crippen molar-refractivity contribution in [3.05, 3.63) is 59.7 Å². The third kappa shape index (κ3) is 6.04. The van der Waals surface area contributed by atoms with Gasteiger partial charge in [-0.2, -0.15) is 13.2 Å². The van der Waals surface area contributed by atoms with Gasteiger partial charge in [0.25, 0.3) is 5.91 Å². The van der Waals surface area contributed by atoms with Crippen molar-refractivity contribution < 1.29 is 27.9 Å². The number of hydrogen-bond acceptors (Lipinski definition) is 4. The molecule has 3 N–H and O–H groups in total. The van der Waals surface area contributed by atoms with E-state index in [1.54, 1.807) is 12.1 Å². The van der Waals surface area contributed by atoms with Crippen molar-refractivity contribution in [3.63, 3.8) is 0 Å². The first-order chi connectivity index (χ1) is 14.2. The van der Waals surface area contributed by atoms with Gasteiger partial charge in [-0.05, 0) is 49.2 Å². The number of nitrogens with one attached hydrogen (secondary N) is 2. The Morgan fingerprint density at radius 2 is 1.63 bits per heavy atom. The Bertz CT molecular complexity index is 910. The number of carbonyl (C=O) groups is 2. The number of aliphatic hydroxyl groups excluding tert-OH is 1. The van der Waals surface area contributed by atoms with E-state index in [2.05, 4.69) is 10.6 Å². The first kappa shape index (κ1) is 21.8. The third-order valence-electron chi connectivity index (χ3n) is 4.78. The molecule has 1 heterocycles. The van der Waals surface area contributed by atoms with Crippen molar-refractivity contribution in [2.75, 3.05) is 30.3 Å². The summed E-state index contributed by atoms with van der Waals surface area (Å²) >= 11 is 0. The molecule has 0 aliphatic carbocycles. The average Bonchev–Trinajstić information content (AvgIpc) is 2.69. The fourth-order valence-corrected chi connectivity index (χ4v) is 3.20. The number of benzene rings is 2. The molecular formula is C21H22F3N3O3. The Hall–Kier alpha value is -2.91. The second-order valence-corrected chi connectivity index (χ2v) is 7.17. The molecule has 2 aromatic carbocycles. The van der Waals surface area contributed by atoms with Crippen molar-refractivity contribution in [2.24, 2.45) is 0 Å². The van der Waals surface area contributed by atoms with Crippen molar-refractivity contribution in [2.45, 2.75) is 25.1 Å².